The maximum absolute atomic E-state index is 12.9. The second-order valence-electron chi connectivity index (χ2n) is 8.48. The minimum atomic E-state index is -0.960. The Morgan fingerprint density at radius 1 is 1.17 bits per heavy atom. The number of cyclic esters (lactones) is 1. The lowest BCUT2D eigenvalue weighted by atomic mass is 9.77. The average Bonchev–Trinajstić information content (AvgIpc) is 2.83. The fourth-order valence-corrected chi connectivity index (χ4v) is 3.75. The summed E-state index contributed by atoms with van der Waals surface area (Å²) in [6.45, 7) is 9.99. The van der Waals surface area contributed by atoms with E-state index in [9.17, 15) is 19.8 Å². The second kappa shape index (κ2) is 9.29. The van der Waals surface area contributed by atoms with Crippen LogP contribution in [0.4, 0.5) is 0 Å². The summed E-state index contributed by atoms with van der Waals surface area (Å²) in [4.78, 5) is 25.4. The Balaban J connectivity index is 2.05. The molecule has 158 valence electrons. The number of carbonyl (C=O) groups is 2. The van der Waals surface area contributed by atoms with Crippen LogP contribution in [0.15, 0.2) is 41.5 Å². The van der Waals surface area contributed by atoms with E-state index in [1.54, 1.807) is 0 Å². The summed E-state index contributed by atoms with van der Waals surface area (Å²) in [5, 5.41) is 19.4. The summed E-state index contributed by atoms with van der Waals surface area (Å²) in [6, 6.07) is 3.75. The monoisotopic (exact) mass is 400 g/mol. The normalized spacial score (nSPS) is 24.3. The Kier molecular flexibility index (Phi) is 7.28. The molecule has 1 aliphatic heterocycles. The lowest BCUT2D eigenvalue weighted by molar-refractivity contribution is -0.149. The summed E-state index contributed by atoms with van der Waals surface area (Å²) in [6.07, 6.45) is 7.80. The number of rotatable bonds is 8. The predicted molar refractivity (Wildman–Crippen MR) is 113 cm³/mol. The van der Waals surface area contributed by atoms with Crippen molar-refractivity contribution in [2.75, 3.05) is 0 Å². The zero-order valence-corrected chi connectivity index (χ0v) is 18.0. The zero-order valence-electron chi connectivity index (χ0n) is 18.0. The summed E-state index contributed by atoms with van der Waals surface area (Å²) >= 11 is 0. The van der Waals surface area contributed by atoms with Gasteiger partial charge in [-0.1, -0.05) is 30.2 Å². The number of hydrogen-bond acceptors (Lipinski definition) is 5. The Labute approximate surface area is 173 Å². The van der Waals surface area contributed by atoms with Gasteiger partial charge in [0.15, 0.2) is 5.78 Å². The molecule has 5 heteroatoms. The van der Waals surface area contributed by atoms with Crippen molar-refractivity contribution in [3.05, 3.63) is 47.1 Å². The topological polar surface area (TPSA) is 83.8 Å². The van der Waals surface area contributed by atoms with E-state index < -0.39 is 23.3 Å². The first kappa shape index (κ1) is 22.7. The number of aromatic hydroxyl groups is 2. The van der Waals surface area contributed by atoms with Crippen molar-refractivity contribution in [2.24, 2.45) is 11.8 Å². The number of benzene rings is 1. The van der Waals surface area contributed by atoms with Crippen molar-refractivity contribution in [3.8, 4) is 11.5 Å². The van der Waals surface area contributed by atoms with Crippen LogP contribution >= 0.6 is 0 Å². The van der Waals surface area contributed by atoms with E-state index in [1.165, 1.54) is 23.3 Å². The van der Waals surface area contributed by atoms with Crippen LogP contribution in [0.5, 0.6) is 11.5 Å². The highest BCUT2D eigenvalue weighted by molar-refractivity contribution is 6.11. The minimum absolute atomic E-state index is 0.0239. The van der Waals surface area contributed by atoms with Gasteiger partial charge in [-0.2, -0.15) is 0 Å². The van der Waals surface area contributed by atoms with Gasteiger partial charge < -0.3 is 14.9 Å². The molecule has 2 N–H and O–H groups in total. The van der Waals surface area contributed by atoms with Gasteiger partial charge in [0.1, 0.15) is 23.0 Å². The Hall–Kier alpha value is -2.56. The number of carbonyl (C=O) groups excluding carboxylic acids is 2. The number of phenolic OH excluding ortho intramolecular Hbond substituents is 2. The molecule has 1 heterocycles. The van der Waals surface area contributed by atoms with Gasteiger partial charge in [-0.05, 0) is 65.5 Å². The standard InChI is InChI=1S/C24H32O5/c1-15(2)8-6-9-16(3)10-7-13-24(5)17(4)21(23(28)29-24)22(27)19-12-11-18(25)14-20(19)26/h8,10-12,14,17,21,25-26H,6-7,9,13H2,1-5H3/t17-,21+,24+/m0/s1. The molecule has 0 saturated carbocycles. The molecule has 1 fully saturated rings. The lowest BCUT2D eigenvalue weighted by Crippen LogP contribution is -2.33. The molecule has 0 bridgehead atoms. The highest BCUT2D eigenvalue weighted by atomic mass is 16.6. The molecule has 1 aromatic carbocycles. The smallest absolute Gasteiger partial charge is 0.317 e. The number of Topliss-reactive ketones (excluding diaryl/α,β-unsaturated/α-hetero) is 1. The van der Waals surface area contributed by atoms with Gasteiger partial charge in [-0.3, -0.25) is 9.59 Å². The summed E-state index contributed by atoms with van der Waals surface area (Å²) in [7, 11) is 0. The van der Waals surface area contributed by atoms with Crippen LogP contribution in [0.25, 0.3) is 0 Å². The van der Waals surface area contributed by atoms with E-state index in [4.69, 9.17) is 4.74 Å². The highest BCUT2D eigenvalue weighted by Crippen LogP contribution is 2.42. The van der Waals surface area contributed by atoms with E-state index >= 15 is 0 Å². The van der Waals surface area contributed by atoms with E-state index in [1.807, 2.05) is 13.8 Å². The van der Waals surface area contributed by atoms with Gasteiger partial charge in [0.2, 0.25) is 0 Å². The molecule has 0 aliphatic carbocycles. The number of esters is 1. The van der Waals surface area contributed by atoms with Crippen LogP contribution in [0.1, 0.15) is 70.7 Å². The van der Waals surface area contributed by atoms with Gasteiger partial charge in [-0.25, -0.2) is 0 Å². The summed E-state index contributed by atoms with van der Waals surface area (Å²) in [5.41, 5.74) is 1.90. The number of phenols is 2. The van der Waals surface area contributed by atoms with Gasteiger partial charge in [0.25, 0.3) is 0 Å². The quantitative estimate of drug-likeness (QED) is 0.267. The average molecular weight is 401 g/mol. The molecule has 2 rings (SSSR count). The van der Waals surface area contributed by atoms with Crippen LogP contribution in [0, 0.1) is 11.8 Å². The molecule has 0 amide bonds. The molecule has 0 radical (unpaired) electrons. The lowest BCUT2D eigenvalue weighted by Gasteiger charge is -2.28. The van der Waals surface area contributed by atoms with Gasteiger partial charge >= 0.3 is 5.97 Å². The molecule has 0 aromatic heterocycles. The number of ether oxygens (including phenoxy) is 1. The van der Waals surface area contributed by atoms with Gasteiger partial charge in [0, 0.05) is 12.0 Å². The van der Waals surface area contributed by atoms with Crippen molar-refractivity contribution in [2.45, 2.75) is 65.9 Å². The molecule has 1 saturated heterocycles. The van der Waals surface area contributed by atoms with Crippen LogP contribution in [0.2, 0.25) is 0 Å². The molecule has 1 aromatic rings. The largest absolute Gasteiger partial charge is 0.508 e. The van der Waals surface area contributed by atoms with Crippen molar-refractivity contribution >= 4 is 11.8 Å². The third-order valence-corrected chi connectivity index (χ3v) is 5.80. The fraction of sp³-hybridized carbons (Fsp3) is 0.500. The first-order valence-electron chi connectivity index (χ1n) is 10.1. The van der Waals surface area contributed by atoms with E-state index in [-0.39, 0.29) is 23.0 Å². The molecule has 29 heavy (non-hydrogen) atoms. The first-order valence-corrected chi connectivity index (χ1v) is 10.1. The molecule has 0 spiro atoms. The van der Waals surface area contributed by atoms with Gasteiger partial charge in [-0.15, -0.1) is 0 Å². The third kappa shape index (κ3) is 5.49. The third-order valence-electron chi connectivity index (χ3n) is 5.80. The minimum Gasteiger partial charge on any atom is -0.508 e. The van der Waals surface area contributed by atoms with Crippen molar-refractivity contribution in [1.29, 1.82) is 0 Å². The van der Waals surface area contributed by atoms with Crippen molar-refractivity contribution in [3.63, 3.8) is 0 Å². The molecular formula is C24H32O5. The predicted octanol–water partition coefficient (Wildman–Crippen LogP) is 5.32. The Morgan fingerprint density at radius 3 is 2.48 bits per heavy atom. The van der Waals surface area contributed by atoms with E-state index in [0.29, 0.717) is 6.42 Å². The van der Waals surface area contributed by atoms with Gasteiger partial charge in [0.05, 0.1) is 5.56 Å². The zero-order chi connectivity index (χ0) is 21.8. The van der Waals surface area contributed by atoms with E-state index in [0.717, 1.165) is 25.3 Å². The number of hydrogen-bond donors (Lipinski definition) is 2. The number of allylic oxidation sites excluding steroid dienone is 4. The van der Waals surface area contributed by atoms with Crippen LogP contribution < -0.4 is 0 Å². The summed E-state index contributed by atoms with van der Waals surface area (Å²) in [5.74, 6) is -2.79. The highest BCUT2D eigenvalue weighted by Gasteiger charge is 2.53. The Morgan fingerprint density at radius 2 is 1.86 bits per heavy atom. The first-order chi connectivity index (χ1) is 13.5. The molecule has 1 aliphatic rings. The molecule has 3 atom stereocenters. The van der Waals surface area contributed by atoms with Crippen molar-refractivity contribution < 1.29 is 24.5 Å². The van der Waals surface area contributed by atoms with Crippen LogP contribution in [0.3, 0.4) is 0 Å². The molecule has 5 nitrogen and oxygen atoms in total. The Bertz CT molecular complexity index is 832. The van der Waals surface area contributed by atoms with Crippen LogP contribution in [-0.2, 0) is 9.53 Å². The van der Waals surface area contributed by atoms with E-state index in [2.05, 4.69) is 32.9 Å². The second-order valence-corrected chi connectivity index (χ2v) is 8.48. The maximum atomic E-state index is 12.9. The van der Waals surface area contributed by atoms with Crippen LogP contribution in [-0.4, -0.2) is 27.6 Å². The summed E-state index contributed by atoms with van der Waals surface area (Å²) < 4.78 is 5.64. The molecular weight excluding hydrogens is 368 g/mol. The fourth-order valence-electron chi connectivity index (χ4n) is 3.75. The molecule has 0 unspecified atom stereocenters. The van der Waals surface area contributed by atoms with Crippen molar-refractivity contribution in [1.82, 2.24) is 0 Å². The maximum Gasteiger partial charge on any atom is 0.317 e. The number of ketones is 1. The SMILES string of the molecule is CC(C)=CCCC(C)=CCC[C@@]1(C)OC(=O)[C@@H](C(=O)c2ccc(O)cc2O)[C@@H]1C.